The van der Waals surface area contributed by atoms with E-state index in [0.717, 1.165) is 0 Å². The molecule has 0 bridgehead atoms. The van der Waals surface area contributed by atoms with Crippen LogP contribution in [0.2, 0.25) is 0 Å². The molecule has 2 heterocycles. The van der Waals surface area contributed by atoms with E-state index in [4.69, 9.17) is 9.47 Å². The lowest BCUT2D eigenvalue weighted by Crippen LogP contribution is -2.30. The van der Waals surface area contributed by atoms with Crippen LogP contribution >= 0.6 is 0 Å². The van der Waals surface area contributed by atoms with Gasteiger partial charge in [0.15, 0.2) is 0 Å². The van der Waals surface area contributed by atoms with Gasteiger partial charge in [-0.2, -0.15) is 0 Å². The molecule has 0 spiro atoms. The number of nitrogens with zero attached hydrogens (tertiary/aromatic N) is 1. The molecule has 2 aliphatic heterocycles. The third-order valence-corrected chi connectivity index (χ3v) is 5.05. The summed E-state index contributed by atoms with van der Waals surface area (Å²) in [4.78, 5) is 29.0. The van der Waals surface area contributed by atoms with Crippen molar-refractivity contribution in [3.05, 3.63) is 59.8 Å². The van der Waals surface area contributed by atoms with E-state index in [1.807, 2.05) is 0 Å². The maximum atomic E-state index is 12.8. The van der Waals surface area contributed by atoms with Gasteiger partial charge in [-0.25, -0.2) is 4.79 Å². The van der Waals surface area contributed by atoms with E-state index in [2.05, 4.69) is 15.3 Å². The van der Waals surface area contributed by atoms with Gasteiger partial charge in [0.25, 0.3) is 0 Å². The summed E-state index contributed by atoms with van der Waals surface area (Å²) < 4.78 is 11.0. The second-order valence-corrected chi connectivity index (χ2v) is 7.43. The Morgan fingerprint density at radius 3 is 2.94 bits per heavy atom. The van der Waals surface area contributed by atoms with Crippen molar-refractivity contribution in [1.29, 1.82) is 0 Å². The van der Waals surface area contributed by atoms with Gasteiger partial charge in [-0.15, -0.1) is 0 Å². The number of benzene rings is 1. The number of ether oxygens (including phenoxy) is 2. The average molecular weight is 458 g/mol. The number of allylic oxidation sites excluding steroid dienone is 1. The van der Waals surface area contributed by atoms with Gasteiger partial charge in [0.05, 0.1) is 12.3 Å². The number of cyclic esters (lactones) is 1. The van der Waals surface area contributed by atoms with E-state index in [-0.39, 0.29) is 24.2 Å². The Labute approximate surface area is 190 Å². The highest BCUT2D eigenvalue weighted by Gasteiger charge is 2.48. The number of carbonyl (C=O) groups excluding carboxylic acids is 2. The number of fused-ring (bicyclic) bond motifs is 2. The number of aliphatic hydroxyl groups excluding tert-OH is 2. The fraction of sp³-hybridized carbons (Fsp3) is 0.348. The van der Waals surface area contributed by atoms with Crippen molar-refractivity contribution in [1.82, 2.24) is 5.32 Å². The second-order valence-electron chi connectivity index (χ2n) is 7.43. The number of oxime groups is 1. The number of hydrogen-bond acceptors (Lipinski definition) is 9. The number of epoxide rings is 1. The molecule has 3 rings (SSSR count). The molecule has 1 fully saturated rings. The molecular formula is C23H26N2O8. The van der Waals surface area contributed by atoms with Crippen LogP contribution in [0.3, 0.4) is 0 Å². The number of hydrogen-bond donors (Lipinski definition) is 4. The van der Waals surface area contributed by atoms with Gasteiger partial charge < -0.3 is 34.9 Å². The number of carbonyl (C=O) groups is 2. The summed E-state index contributed by atoms with van der Waals surface area (Å²) in [6.07, 6.45) is 6.20. The predicted molar refractivity (Wildman–Crippen MR) is 118 cm³/mol. The van der Waals surface area contributed by atoms with Crippen LogP contribution in [-0.4, -0.2) is 71.0 Å². The summed E-state index contributed by atoms with van der Waals surface area (Å²) in [6.45, 7) is 0. The normalized spacial score (nSPS) is 27.5. The topological polar surface area (TPSA) is 150 Å². The summed E-state index contributed by atoms with van der Waals surface area (Å²) in [6, 6.07) is 4.55. The number of nitrogens with one attached hydrogen (secondary N) is 1. The lowest BCUT2D eigenvalue weighted by atomic mass is 10.00. The van der Waals surface area contributed by atoms with Crippen molar-refractivity contribution in [3.8, 4) is 5.75 Å². The molecule has 33 heavy (non-hydrogen) atoms. The molecule has 176 valence electrons. The Balaban J connectivity index is 1.72. The molecule has 1 aromatic carbocycles. The molecule has 0 aliphatic carbocycles. The highest BCUT2D eigenvalue weighted by molar-refractivity contribution is 5.96. The zero-order valence-corrected chi connectivity index (χ0v) is 17.9. The van der Waals surface area contributed by atoms with Gasteiger partial charge in [-0.3, -0.25) is 4.79 Å². The highest BCUT2D eigenvalue weighted by atomic mass is 16.6. The number of aromatic hydroxyl groups is 1. The maximum absolute atomic E-state index is 12.8. The highest BCUT2D eigenvalue weighted by Crippen LogP contribution is 2.33. The van der Waals surface area contributed by atoms with Crippen molar-refractivity contribution >= 4 is 24.2 Å². The molecule has 10 nitrogen and oxygen atoms in total. The van der Waals surface area contributed by atoms with E-state index in [1.165, 1.54) is 49.9 Å². The molecule has 2 aliphatic rings. The first-order chi connectivity index (χ1) is 15.9. The van der Waals surface area contributed by atoms with Crippen LogP contribution in [0.15, 0.2) is 53.9 Å². The number of rotatable bonds is 6. The predicted octanol–water partition coefficient (Wildman–Crippen LogP) is 1.03. The van der Waals surface area contributed by atoms with Crippen LogP contribution in [0.1, 0.15) is 28.8 Å². The van der Waals surface area contributed by atoms with Crippen molar-refractivity contribution in [2.45, 2.75) is 43.4 Å². The Morgan fingerprint density at radius 1 is 1.33 bits per heavy atom. The molecule has 10 heteroatoms. The van der Waals surface area contributed by atoms with E-state index in [0.29, 0.717) is 5.56 Å². The Kier molecular flexibility index (Phi) is 8.36. The SMILES string of the molecule is CON=C/C=C/C(=O)N/C=C/CC1CC(O)[C@H]2O[C@H]2C(O)C=Cc2cccc(O)c2C(=O)O1. The van der Waals surface area contributed by atoms with Gasteiger partial charge in [0.1, 0.15) is 42.8 Å². The van der Waals surface area contributed by atoms with Crippen molar-refractivity contribution in [3.63, 3.8) is 0 Å². The number of phenols is 1. The first kappa shape index (κ1) is 24.2. The van der Waals surface area contributed by atoms with Gasteiger partial charge in [0.2, 0.25) is 5.91 Å². The molecule has 1 amide bonds. The van der Waals surface area contributed by atoms with Crippen molar-refractivity contribution < 1.29 is 39.2 Å². The number of phenolic OH excluding ortho intramolecular Hbond substituents is 1. The number of esters is 1. The van der Waals surface area contributed by atoms with Gasteiger partial charge in [-0.05, 0) is 17.7 Å². The van der Waals surface area contributed by atoms with Crippen LogP contribution in [0.4, 0.5) is 0 Å². The largest absolute Gasteiger partial charge is 0.507 e. The minimum Gasteiger partial charge on any atom is -0.507 e. The Hall–Kier alpha value is -3.47. The Morgan fingerprint density at radius 2 is 2.15 bits per heavy atom. The van der Waals surface area contributed by atoms with E-state index in [1.54, 1.807) is 18.2 Å². The molecule has 5 atom stereocenters. The smallest absolute Gasteiger partial charge is 0.342 e. The van der Waals surface area contributed by atoms with Crippen LogP contribution < -0.4 is 5.32 Å². The van der Waals surface area contributed by atoms with Gasteiger partial charge in [-0.1, -0.05) is 35.5 Å². The molecule has 0 radical (unpaired) electrons. The van der Waals surface area contributed by atoms with Gasteiger partial charge in [0, 0.05) is 25.1 Å². The second kappa shape index (κ2) is 11.4. The van der Waals surface area contributed by atoms with Crippen LogP contribution in [0.5, 0.6) is 5.75 Å². The summed E-state index contributed by atoms with van der Waals surface area (Å²) in [5, 5.41) is 37.0. The van der Waals surface area contributed by atoms with E-state index in [9.17, 15) is 24.9 Å². The van der Waals surface area contributed by atoms with Gasteiger partial charge >= 0.3 is 5.97 Å². The molecule has 0 saturated carbocycles. The lowest BCUT2D eigenvalue weighted by molar-refractivity contribution is -0.115. The van der Waals surface area contributed by atoms with E-state index >= 15 is 0 Å². The fourth-order valence-electron chi connectivity index (χ4n) is 3.39. The summed E-state index contributed by atoms with van der Waals surface area (Å²) in [7, 11) is 1.38. The average Bonchev–Trinajstić information content (AvgIpc) is 3.58. The quantitative estimate of drug-likeness (QED) is 0.162. The monoisotopic (exact) mass is 458 g/mol. The lowest BCUT2D eigenvalue weighted by Gasteiger charge is -2.20. The number of amides is 1. The summed E-state index contributed by atoms with van der Waals surface area (Å²) in [5.41, 5.74) is 0.331. The third kappa shape index (κ3) is 6.75. The minimum atomic E-state index is -0.981. The number of aliphatic hydroxyl groups is 2. The fourth-order valence-corrected chi connectivity index (χ4v) is 3.39. The third-order valence-electron chi connectivity index (χ3n) is 5.05. The zero-order valence-electron chi connectivity index (χ0n) is 17.9. The zero-order chi connectivity index (χ0) is 23.8. The summed E-state index contributed by atoms with van der Waals surface area (Å²) >= 11 is 0. The first-order valence-corrected chi connectivity index (χ1v) is 10.3. The molecule has 1 saturated heterocycles. The minimum absolute atomic E-state index is 0.0396. The molecule has 4 N–H and O–H groups in total. The molecular weight excluding hydrogens is 432 g/mol. The molecule has 1 aromatic rings. The molecule has 0 aromatic heterocycles. The maximum Gasteiger partial charge on any atom is 0.342 e. The van der Waals surface area contributed by atoms with Crippen LogP contribution in [0, 0.1) is 0 Å². The van der Waals surface area contributed by atoms with E-state index < -0.39 is 42.4 Å². The molecule has 3 unspecified atom stereocenters. The first-order valence-electron chi connectivity index (χ1n) is 10.3. The summed E-state index contributed by atoms with van der Waals surface area (Å²) in [5.74, 6) is -1.44. The standard InChI is InChI=1S/C23H26N2O8/c1-31-25-12-4-8-19(29)24-11-3-6-15-13-18(28)22-21(33-22)17(27)10-9-14-5-2-7-16(26)20(14)23(30)32-15/h2-5,7-12,15,17-18,21-22,26-28H,6,13H2,1H3,(H,24,29)/b8-4+,10-9?,11-3+,25-12?/t15?,17?,18?,21-,22+/m0/s1. The Bertz CT molecular complexity index is 971. The van der Waals surface area contributed by atoms with Crippen molar-refractivity contribution in [2.24, 2.45) is 5.16 Å². The van der Waals surface area contributed by atoms with Crippen molar-refractivity contribution in [2.75, 3.05) is 7.11 Å². The van der Waals surface area contributed by atoms with Crippen LogP contribution in [-0.2, 0) is 19.1 Å². The van der Waals surface area contributed by atoms with Crippen LogP contribution in [0.25, 0.3) is 6.08 Å².